The van der Waals surface area contributed by atoms with Gasteiger partial charge < -0.3 is 10.2 Å². The van der Waals surface area contributed by atoms with Crippen LogP contribution in [0.15, 0.2) is 30.7 Å². The molecule has 3 heterocycles. The van der Waals surface area contributed by atoms with E-state index in [1.54, 1.807) is 12.4 Å². The van der Waals surface area contributed by atoms with E-state index in [-0.39, 0.29) is 6.04 Å². The molecule has 1 N–H and O–H groups in total. The smallest absolute Gasteiger partial charge is 0.182 e. The topological polar surface area (TPSA) is 77.7 Å². The Morgan fingerprint density at radius 1 is 1.29 bits per heavy atom. The molecule has 1 unspecified atom stereocenters. The normalized spacial score (nSPS) is 17.5. The number of hydrogen-bond donors (Lipinski definition) is 1. The fourth-order valence-corrected chi connectivity index (χ4v) is 2.64. The second-order valence-electron chi connectivity index (χ2n) is 4.75. The largest absolute Gasteiger partial charge is 0.363 e. The fourth-order valence-electron chi connectivity index (χ4n) is 2.40. The molecule has 0 aromatic carbocycles. The molecular weight excluding hydrogens is 288 g/mol. The predicted molar refractivity (Wildman–Crippen MR) is 80.2 cm³/mol. The summed E-state index contributed by atoms with van der Waals surface area (Å²) in [5.41, 5.74) is 0.312. The lowest BCUT2D eigenvalue weighted by Crippen LogP contribution is -2.27. The second-order valence-corrected chi connectivity index (χ2v) is 5.16. The third-order valence-corrected chi connectivity index (χ3v) is 3.67. The van der Waals surface area contributed by atoms with Crippen LogP contribution in [0.25, 0.3) is 0 Å². The molecule has 3 rings (SSSR count). The number of rotatable bonds is 3. The first-order chi connectivity index (χ1) is 10.3. The van der Waals surface area contributed by atoms with Crippen LogP contribution in [0.5, 0.6) is 0 Å². The minimum Gasteiger partial charge on any atom is -0.363 e. The molecule has 106 valence electrons. The molecule has 2 aromatic heterocycles. The van der Waals surface area contributed by atoms with E-state index >= 15 is 0 Å². The molecule has 1 fully saturated rings. The molecule has 1 saturated heterocycles. The summed E-state index contributed by atoms with van der Waals surface area (Å²) in [7, 11) is 0. The molecule has 0 radical (unpaired) electrons. The Balaban J connectivity index is 1.71. The summed E-state index contributed by atoms with van der Waals surface area (Å²) < 4.78 is 0. The van der Waals surface area contributed by atoms with Crippen molar-refractivity contribution in [2.75, 3.05) is 23.3 Å². The van der Waals surface area contributed by atoms with Gasteiger partial charge in [0, 0.05) is 37.7 Å². The van der Waals surface area contributed by atoms with Crippen molar-refractivity contribution in [3.05, 3.63) is 41.4 Å². The van der Waals surface area contributed by atoms with E-state index in [1.807, 2.05) is 18.2 Å². The summed E-state index contributed by atoms with van der Waals surface area (Å²) in [6.07, 6.45) is 5.75. The third kappa shape index (κ3) is 2.88. The van der Waals surface area contributed by atoms with Gasteiger partial charge in [0.2, 0.25) is 0 Å². The van der Waals surface area contributed by atoms with Crippen LogP contribution >= 0.6 is 11.6 Å². The van der Waals surface area contributed by atoms with Crippen LogP contribution in [-0.4, -0.2) is 34.1 Å². The van der Waals surface area contributed by atoms with Gasteiger partial charge in [0.05, 0.1) is 5.02 Å². The summed E-state index contributed by atoms with van der Waals surface area (Å²) >= 11 is 6.17. The van der Waals surface area contributed by atoms with Gasteiger partial charge in [-0.25, -0.2) is 15.0 Å². The molecule has 2 aromatic rings. The Labute approximate surface area is 127 Å². The maximum Gasteiger partial charge on any atom is 0.182 e. The number of hydrogen-bond acceptors (Lipinski definition) is 6. The molecule has 0 amide bonds. The molecule has 0 bridgehead atoms. The first-order valence-corrected chi connectivity index (χ1v) is 6.99. The molecule has 1 aliphatic rings. The molecule has 0 aliphatic carbocycles. The van der Waals surface area contributed by atoms with Gasteiger partial charge in [-0.05, 0) is 18.6 Å². The van der Waals surface area contributed by atoms with Crippen molar-refractivity contribution in [3.63, 3.8) is 0 Å². The number of anilines is 2. The van der Waals surface area contributed by atoms with Gasteiger partial charge in [0.25, 0.3) is 0 Å². The first-order valence-electron chi connectivity index (χ1n) is 6.61. The van der Waals surface area contributed by atoms with Crippen molar-refractivity contribution in [2.24, 2.45) is 0 Å². The zero-order valence-electron chi connectivity index (χ0n) is 11.2. The molecule has 21 heavy (non-hydrogen) atoms. The highest BCUT2D eigenvalue weighted by molar-refractivity contribution is 6.32. The Morgan fingerprint density at radius 2 is 2.14 bits per heavy atom. The van der Waals surface area contributed by atoms with Crippen LogP contribution in [0.3, 0.4) is 0 Å². The maximum atomic E-state index is 9.03. The van der Waals surface area contributed by atoms with Crippen LogP contribution in [0, 0.1) is 11.3 Å². The standard InChI is InChI=1S/C14H13ClN6/c15-11-2-1-4-19-14(11)21-7-3-10(9-21)20-13-12(8-16)17-5-6-18-13/h1-2,4-6,10H,3,7,9H2,(H,18,20). The van der Waals surface area contributed by atoms with E-state index in [2.05, 4.69) is 25.2 Å². The Hall–Kier alpha value is -2.39. The molecule has 1 aliphatic heterocycles. The molecule has 1 atom stereocenters. The summed E-state index contributed by atoms with van der Waals surface area (Å²) in [5, 5.41) is 12.9. The second kappa shape index (κ2) is 5.94. The van der Waals surface area contributed by atoms with Gasteiger partial charge >= 0.3 is 0 Å². The quantitative estimate of drug-likeness (QED) is 0.935. The number of nitrogens with one attached hydrogen (secondary N) is 1. The van der Waals surface area contributed by atoms with E-state index in [0.29, 0.717) is 16.5 Å². The number of aromatic nitrogens is 3. The van der Waals surface area contributed by atoms with Crippen LogP contribution in [0.4, 0.5) is 11.6 Å². The van der Waals surface area contributed by atoms with E-state index < -0.39 is 0 Å². The van der Waals surface area contributed by atoms with E-state index in [0.717, 1.165) is 25.3 Å². The van der Waals surface area contributed by atoms with Crippen molar-refractivity contribution in [1.82, 2.24) is 15.0 Å². The molecular formula is C14H13ClN6. The maximum absolute atomic E-state index is 9.03. The minimum atomic E-state index is 0.187. The van der Waals surface area contributed by atoms with Gasteiger partial charge in [-0.1, -0.05) is 11.6 Å². The van der Waals surface area contributed by atoms with Crippen molar-refractivity contribution in [3.8, 4) is 6.07 Å². The Bertz CT molecular complexity index is 683. The average molecular weight is 301 g/mol. The van der Waals surface area contributed by atoms with Gasteiger partial charge in [-0.15, -0.1) is 0 Å². The van der Waals surface area contributed by atoms with Crippen LogP contribution in [0.2, 0.25) is 5.02 Å². The van der Waals surface area contributed by atoms with Crippen molar-refractivity contribution in [1.29, 1.82) is 5.26 Å². The molecule has 0 saturated carbocycles. The van der Waals surface area contributed by atoms with Crippen molar-refractivity contribution < 1.29 is 0 Å². The monoisotopic (exact) mass is 300 g/mol. The van der Waals surface area contributed by atoms with E-state index in [4.69, 9.17) is 16.9 Å². The van der Waals surface area contributed by atoms with Crippen molar-refractivity contribution in [2.45, 2.75) is 12.5 Å². The van der Waals surface area contributed by atoms with Crippen LogP contribution in [0.1, 0.15) is 12.1 Å². The fraction of sp³-hybridized carbons (Fsp3) is 0.286. The van der Waals surface area contributed by atoms with Gasteiger partial charge in [0.15, 0.2) is 11.5 Å². The molecule has 6 nitrogen and oxygen atoms in total. The molecule has 7 heteroatoms. The third-order valence-electron chi connectivity index (χ3n) is 3.37. The van der Waals surface area contributed by atoms with E-state index in [1.165, 1.54) is 6.20 Å². The van der Waals surface area contributed by atoms with Crippen LogP contribution < -0.4 is 10.2 Å². The van der Waals surface area contributed by atoms with Gasteiger partial charge in [-0.3, -0.25) is 0 Å². The number of halogens is 1. The van der Waals surface area contributed by atoms with Crippen molar-refractivity contribution >= 4 is 23.2 Å². The SMILES string of the molecule is N#Cc1nccnc1NC1CCN(c2ncccc2Cl)C1. The number of nitriles is 1. The Kier molecular flexibility index (Phi) is 3.84. The summed E-state index contributed by atoms with van der Waals surface area (Å²) in [6, 6.07) is 5.88. The lowest BCUT2D eigenvalue weighted by Gasteiger charge is -2.19. The lowest BCUT2D eigenvalue weighted by atomic mass is 10.2. The lowest BCUT2D eigenvalue weighted by molar-refractivity contribution is 0.797. The predicted octanol–water partition coefficient (Wildman–Crippen LogP) is 2.09. The van der Waals surface area contributed by atoms with Gasteiger partial charge in [-0.2, -0.15) is 5.26 Å². The van der Waals surface area contributed by atoms with Gasteiger partial charge in [0.1, 0.15) is 11.9 Å². The zero-order valence-corrected chi connectivity index (χ0v) is 12.0. The summed E-state index contributed by atoms with van der Waals surface area (Å²) in [5.74, 6) is 1.32. The highest BCUT2D eigenvalue weighted by atomic mass is 35.5. The first kappa shape index (κ1) is 13.6. The highest BCUT2D eigenvalue weighted by Crippen LogP contribution is 2.26. The summed E-state index contributed by atoms with van der Waals surface area (Å²) in [6.45, 7) is 1.62. The number of nitrogens with zero attached hydrogens (tertiary/aromatic N) is 5. The average Bonchev–Trinajstić information content (AvgIpc) is 2.96. The Morgan fingerprint density at radius 3 is 2.95 bits per heavy atom. The van der Waals surface area contributed by atoms with Crippen LogP contribution in [-0.2, 0) is 0 Å². The van der Waals surface area contributed by atoms with E-state index in [9.17, 15) is 0 Å². The zero-order chi connectivity index (χ0) is 14.7. The summed E-state index contributed by atoms with van der Waals surface area (Å²) in [4.78, 5) is 14.6. The minimum absolute atomic E-state index is 0.187. The number of pyridine rings is 1. The highest BCUT2D eigenvalue weighted by Gasteiger charge is 2.25. The molecule has 0 spiro atoms.